The van der Waals surface area contributed by atoms with Crippen LogP contribution in [-0.4, -0.2) is 14.5 Å². The zero-order valence-corrected chi connectivity index (χ0v) is 12.9. The predicted octanol–water partition coefficient (Wildman–Crippen LogP) is 4.37. The minimum Gasteiger partial charge on any atom is -0.280 e. The molecule has 0 spiro atoms. The number of imidazole rings is 1. The first-order chi connectivity index (χ1) is 9.60. The molecular weight excluding hydrogens is 345 g/mol. The van der Waals surface area contributed by atoms with Gasteiger partial charge in [0.2, 0.25) is 0 Å². The third kappa shape index (κ3) is 2.21. The summed E-state index contributed by atoms with van der Waals surface area (Å²) in [5, 5.41) is 0. The Balaban J connectivity index is 2.32. The van der Waals surface area contributed by atoms with E-state index in [1.807, 2.05) is 23.6 Å². The molecule has 3 rings (SSSR count). The van der Waals surface area contributed by atoms with Crippen molar-refractivity contribution in [2.75, 3.05) is 0 Å². The highest BCUT2D eigenvalue weighted by Crippen LogP contribution is 2.25. The molecule has 3 nitrogen and oxygen atoms in total. The molecule has 2 heterocycles. The largest absolute Gasteiger partial charge is 0.280 e. The van der Waals surface area contributed by atoms with Crippen LogP contribution in [0.25, 0.3) is 16.9 Å². The lowest BCUT2D eigenvalue weighted by molar-refractivity contribution is 0.620. The molecule has 0 bridgehead atoms. The van der Waals surface area contributed by atoms with E-state index in [0.717, 1.165) is 22.5 Å². The van der Waals surface area contributed by atoms with Gasteiger partial charge in [-0.25, -0.2) is 14.4 Å². The molecule has 0 fully saturated rings. The maximum atomic E-state index is 13.4. The van der Waals surface area contributed by atoms with E-state index in [2.05, 4.69) is 25.9 Å². The van der Waals surface area contributed by atoms with Gasteiger partial charge in [0.1, 0.15) is 17.2 Å². The number of hydrogen-bond acceptors (Lipinski definition) is 2. The van der Waals surface area contributed by atoms with Crippen LogP contribution in [-0.2, 0) is 5.88 Å². The average molecular weight is 355 g/mol. The van der Waals surface area contributed by atoms with Gasteiger partial charge in [-0.05, 0) is 53.2 Å². The van der Waals surface area contributed by atoms with Crippen molar-refractivity contribution in [1.82, 2.24) is 14.5 Å². The minimum atomic E-state index is -0.310. The highest BCUT2D eigenvalue weighted by Gasteiger charge is 2.14. The Morgan fingerprint density at radius 3 is 2.75 bits per heavy atom. The number of nitrogens with zero attached hydrogens (tertiary/aromatic N) is 3. The van der Waals surface area contributed by atoms with Crippen LogP contribution in [0.4, 0.5) is 4.39 Å². The topological polar surface area (TPSA) is 30.7 Å². The lowest BCUT2D eigenvalue weighted by Crippen LogP contribution is -2.01. The molecule has 0 aliphatic heterocycles. The lowest BCUT2D eigenvalue weighted by atomic mass is 10.3. The lowest BCUT2D eigenvalue weighted by Gasteiger charge is -2.08. The maximum Gasteiger partial charge on any atom is 0.164 e. The molecule has 0 saturated heterocycles. The molecule has 0 amide bonds. The summed E-state index contributed by atoms with van der Waals surface area (Å²) in [5.74, 6) is 0.623. The van der Waals surface area contributed by atoms with E-state index in [4.69, 9.17) is 11.6 Å². The first-order valence-electron chi connectivity index (χ1n) is 5.96. The molecule has 0 N–H and O–H groups in total. The van der Waals surface area contributed by atoms with E-state index >= 15 is 0 Å². The van der Waals surface area contributed by atoms with Crippen molar-refractivity contribution in [3.8, 4) is 5.69 Å². The molecule has 20 heavy (non-hydrogen) atoms. The SMILES string of the molecule is Cc1ccc2nc(CCl)n(-c3ccc(F)c(Br)c3)c2n1. The van der Waals surface area contributed by atoms with Crippen molar-refractivity contribution in [2.24, 2.45) is 0 Å². The number of fused-ring (bicyclic) bond motifs is 1. The van der Waals surface area contributed by atoms with Gasteiger partial charge in [-0.2, -0.15) is 0 Å². The van der Waals surface area contributed by atoms with Crippen molar-refractivity contribution in [1.29, 1.82) is 0 Å². The second kappa shape index (κ2) is 5.14. The molecule has 0 atom stereocenters. The highest BCUT2D eigenvalue weighted by molar-refractivity contribution is 9.10. The van der Waals surface area contributed by atoms with Gasteiger partial charge in [-0.3, -0.25) is 4.57 Å². The Bertz CT molecular complexity index is 800. The molecule has 0 radical (unpaired) electrons. The summed E-state index contributed by atoms with van der Waals surface area (Å²) in [5.41, 5.74) is 3.15. The van der Waals surface area contributed by atoms with E-state index in [1.54, 1.807) is 12.1 Å². The quantitative estimate of drug-likeness (QED) is 0.640. The van der Waals surface area contributed by atoms with E-state index in [9.17, 15) is 4.39 Å². The van der Waals surface area contributed by atoms with Gasteiger partial charge in [0, 0.05) is 5.69 Å². The number of rotatable bonds is 2. The van der Waals surface area contributed by atoms with E-state index in [0.29, 0.717) is 10.3 Å². The summed E-state index contributed by atoms with van der Waals surface area (Å²) >= 11 is 9.16. The van der Waals surface area contributed by atoms with Crippen LogP contribution in [0.2, 0.25) is 0 Å². The van der Waals surface area contributed by atoms with Gasteiger partial charge in [-0.1, -0.05) is 0 Å². The summed E-state index contributed by atoms with van der Waals surface area (Å²) in [6, 6.07) is 8.58. The molecule has 3 aromatic rings. The van der Waals surface area contributed by atoms with Gasteiger partial charge in [-0.15, -0.1) is 11.6 Å². The molecule has 6 heteroatoms. The second-order valence-electron chi connectivity index (χ2n) is 4.39. The summed E-state index contributed by atoms with van der Waals surface area (Å²) in [7, 11) is 0. The summed E-state index contributed by atoms with van der Waals surface area (Å²) in [4.78, 5) is 8.97. The summed E-state index contributed by atoms with van der Waals surface area (Å²) < 4.78 is 15.6. The maximum absolute atomic E-state index is 13.4. The standard InChI is InChI=1S/C14H10BrClFN3/c1-8-2-5-12-14(18-8)20(13(7-16)19-12)9-3-4-11(17)10(15)6-9/h2-6H,7H2,1H3. The molecule has 0 aliphatic carbocycles. The van der Waals surface area contributed by atoms with Crippen molar-refractivity contribution >= 4 is 38.7 Å². The number of benzene rings is 1. The average Bonchev–Trinajstić information content (AvgIpc) is 2.79. The van der Waals surface area contributed by atoms with E-state index < -0.39 is 0 Å². The molecule has 0 aliphatic rings. The van der Waals surface area contributed by atoms with E-state index in [1.165, 1.54) is 6.07 Å². The fourth-order valence-electron chi connectivity index (χ4n) is 2.08. The third-order valence-corrected chi connectivity index (χ3v) is 3.84. The molecule has 0 saturated carbocycles. The van der Waals surface area contributed by atoms with Crippen LogP contribution in [0.3, 0.4) is 0 Å². The van der Waals surface area contributed by atoms with Crippen LogP contribution < -0.4 is 0 Å². The second-order valence-corrected chi connectivity index (χ2v) is 5.51. The van der Waals surface area contributed by atoms with Crippen molar-refractivity contribution < 1.29 is 4.39 Å². The van der Waals surface area contributed by atoms with Crippen molar-refractivity contribution in [2.45, 2.75) is 12.8 Å². The normalized spacial score (nSPS) is 11.2. The molecule has 102 valence electrons. The Kier molecular flexibility index (Phi) is 3.48. The number of alkyl halides is 1. The number of pyridine rings is 1. The number of hydrogen-bond donors (Lipinski definition) is 0. The fourth-order valence-corrected chi connectivity index (χ4v) is 2.63. The van der Waals surface area contributed by atoms with Gasteiger partial charge in [0.25, 0.3) is 0 Å². The zero-order chi connectivity index (χ0) is 14.3. The third-order valence-electron chi connectivity index (χ3n) is 2.99. The molecule has 2 aromatic heterocycles. The number of aromatic nitrogens is 3. The minimum absolute atomic E-state index is 0.254. The van der Waals surface area contributed by atoms with Crippen molar-refractivity contribution in [3.63, 3.8) is 0 Å². The van der Waals surface area contributed by atoms with E-state index in [-0.39, 0.29) is 11.7 Å². The summed E-state index contributed by atoms with van der Waals surface area (Å²) in [6.45, 7) is 1.91. The Morgan fingerprint density at radius 1 is 1.25 bits per heavy atom. The van der Waals surface area contributed by atoms with Crippen LogP contribution in [0, 0.1) is 12.7 Å². The Labute approximate surface area is 128 Å². The van der Waals surface area contributed by atoms with Crippen LogP contribution >= 0.6 is 27.5 Å². The Hall–Kier alpha value is -1.46. The van der Waals surface area contributed by atoms with Gasteiger partial charge in [0.05, 0.1) is 16.0 Å². The number of aryl methyl sites for hydroxylation is 1. The van der Waals surface area contributed by atoms with Gasteiger partial charge < -0.3 is 0 Å². The zero-order valence-electron chi connectivity index (χ0n) is 10.6. The summed E-state index contributed by atoms with van der Waals surface area (Å²) in [6.07, 6.45) is 0. The number of halogens is 3. The first kappa shape index (κ1) is 13.5. The monoisotopic (exact) mass is 353 g/mol. The predicted molar refractivity (Wildman–Crippen MR) is 80.8 cm³/mol. The molecule has 1 aromatic carbocycles. The highest BCUT2D eigenvalue weighted by atomic mass is 79.9. The van der Waals surface area contributed by atoms with Crippen LogP contribution in [0.1, 0.15) is 11.5 Å². The van der Waals surface area contributed by atoms with Gasteiger partial charge >= 0.3 is 0 Å². The van der Waals surface area contributed by atoms with Crippen LogP contribution in [0.5, 0.6) is 0 Å². The van der Waals surface area contributed by atoms with Crippen LogP contribution in [0.15, 0.2) is 34.8 Å². The molecular formula is C14H10BrClFN3. The fraction of sp³-hybridized carbons (Fsp3) is 0.143. The Morgan fingerprint density at radius 2 is 2.05 bits per heavy atom. The van der Waals surface area contributed by atoms with Crippen molar-refractivity contribution in [3.05, 3.63) is 52.1 Å². The smallest absolute Gasteiger partial charge is 0.164 e. The first-order valence-corrected chi connectivity index (χ1v) is 7.29. The molecule has 0 unspecified atom stereocenters. The van der Waals surface area contributed by atoms with Gasteiger partial charge in [0.15, 0.2) is 5.65 Å².